The highest BCUT2D eigenvalue weighted by Gasteiger charge is 2.33. The number of carbonyl (C=O) groups excluding carboxylic acids is 1. The molecular formula is C17H13F4N5O2. The van der Waals surface area contributed by atoms with Crippen LogP contribution in [0.4, 0.5) is 17.6 Å². The molecule has 0 bridgehead atoms. The van der Waals surface area contributed by atoms with Gasteiger partial charge in [0.1, 0.15) is 11.5 Å². The van der Waals surface area contributed by atoms with E-state index in [-0.39, 0.29) is 18.8 Å². The predicted octanol–water partition coefficient (Wildman–Crippen LogP) is 2.22. The number of hydrogen-bond acceptors (Lipinski definition) is 4. The molecule has 146 valence electrons. The molecular weight excluding hydrogens is 382 g/mol. The summed E-state index contributed by atoms with van der Waals surface area (Å²) in [6, 6.07) is 8.31. The number of alkyl halides is 3. The first-order chi connectivity index (χ1) is 13.2. The summed E-state index contributed by atoms with van der Waals surface area (Å²) in [6.07, 6.45) is -4.68. The van der Waals surface area contributed by atoms with Gasteiger partial charge in [-0.2, -0.15) is 23.4 Å². The number of nitrogens with zero attached hydrogens (tertiary/aromatic N) is 3. The van der Waals surface area contributed by atoms with Gasteiger partial charge in [0.2, 0.25) is 0 Å². The highest BCUT2D eigenvalue weighted by Crippen LogP contribution is 2.26. The minimum atomic E-state index is -4.68. The van der Waals surface area contributed by atoms with E-state index in [1.54, 1.807) is 0 Å². The third-order valence-corrected chi connectivity index (χ3v) is 3.73. The minimum absolute atomic E-state index is 0.101. The first-order valence-corrected chi connectivity index (χ1v) is 7.99. The van der Waals surface area contributed by atoms with Gasteiger partial charge in [-0.25, -0.2) is 9.07 Å². The Morgan fingerprint density at radius 1 is 1.14 bits per heavy atom. The second-order valence-corrected chi connectivity index (χ2v) is 5.71. The summed E-state index contributed by atoms with van der Waals surface area (Å²) in [7, 11) is 0. The second-order valence-electron chi connectivity index (χ2n) is 5.71. The summed E-state index contributed by atoms with van der Waals surface area (Å²) in [6.45, 7) is -0.370. The molecule has 3 rings (SSSR count). The van der Waals surface area contributed by atoms with Crippen LogP contribution in [0.5, 0.6) is 0 Å². The summed E-state index contributed by atoms with van der Waals surface area (Å²) >= 11 is 0. The van der Waals surface area contributed by atoms with Crippen LogP contribution >= 0.6 is 0 Å². The van der Waals surface area contributed by atoms with E-state index in [2.05, 4.69) is 20.6 Å². The molecule has 0 spiro atoms. The lowest BCUT2D eigenvalue weighted by atomic mass is 10.1. The molecule has 11 heteroatoms. The van der Waals surface area contributed by atoms with E-state index in [0.29, 0.717) is 22.0 Å². The van der Waals surface area contributed by atoms with E-state index in [1.165, 1.54) is 30.3 Å². The number of rotatable bonds is 5. The number of benzene rings is 1. The number of hydrogen-bond donors (Lipinski definition) is 2. The monoisotopic (exact) mass is 395 g/mol. The van der Waals surface area contributed by atoms with Crippen LogP contribution in [0.1, 0.15) is 16.2 Å². The molecule has 0 unspecified atom stereocenters. The van der Waals surface area contributed by atoms with Crippen molar-refractivity contribution >= 4 is 5.91 Å². The Bertz CT molecular complexity index is 1040. The van der Waals surface area contributed by atoms with Crippen molar-refractivity contribution in [1.29, 1.82) is 0 Å². The Morgan fingerprint density at radius 3 is 2.54 bits per heavy atom. The highest BCUT2D eigenvalue weighted by atomic mass is 19.4. The van der Waals surface area contributed by atoms with Gasteiger partial charge >= 0.3 is 6.18 Å². The van der Waals surface area contributed by atoms with Crippen LogP contribution in [0.25, 0.3) is 11.3 Å². The van der Waals surface area contributed by atoms with E-state index < -0.39 is 29.2 Å². The molecule has 1 amide bonds. The number of H-pyrrole nitrogens is 1. The first-order valence-electron chi connectivity index (χ1n) is 7.99. The third kappa shape index (κ3) is 4.42. The number of aromatic nitrogens is 4. The smallest absolute Gasteiger partial charge is 0.349 e. The summed E-state index contributed by atoms with van der Waals surface area (Å²) in [4.78, 5) is 23.7. The molecule has 0 fully saturated rings. The van der Waals surface area contributed by atoms with Crippen LogP contribution in [0, 0.1) is 5.82 Å². The molecule has 28 heavy (non-hydrogen) atoms. The number of carbonyl (C=O) groups is 1. The van der Waals surface area contributed by atoms with Gasteiger partial charge in [-0.15, -0.1) is 0 Å². The SMILES string of the molecule is O=C(NCCn1nc(C(F)(F)F)ccc1=O)c1cc(-c2ccc(F)cc2)n[nH]1. The summed E-state index contributed by atoms with van der Waals surface area (Å²) in [5.41, 5.74) is -0.806. The maximum Gasteiger partial charge on any atom is 0.435 e. The number of amides is 1. The average Bonchev–Trinajstić information content (AvgIpc) is 3.13. The highest BCUT2D eigenvalue weighted by molar-refractivity contribution is 5.93. The van der Waals surface area contributed by atoms with Crippen LogP contribution in [-0.2, 0) is 12.7 Å². The van der Waals surface area contributed by atoms with Crippen LogP contribution < -0.4 is 10.9 Å². The number of halogens is 4. The van der Waals surface area contributed by atoms with Gasteiger partial charge in [0.05, 0.1) is 12.2 Å². The van der Waals surface area contributed by atoms with E-state index >= 15 is 0 Å². The Labute approximate surface area is 155 Å². The zero-order chi connectivity index (χ0) is 20.3. The maximum atomic E-state index is 12.9. The van der Waals surface area contributed by atoms with Crippen LogP contribution in [0.15, 0.2) is 47.3 Å². The van der Waals surface area contributed by atoms with E-state index in [0.717, 1.165) is 6.07 Å². The number of aromatic amines is 1. The molecule has 2 N–H and O–H groups in total. The molecule has 0 saturated heterocycles. The zero-order valence-corrected chi connectivity index (χ0v) is 14.1. The Balaban J connectivity index is 1.62. The molecule has 7 nitrogen and oxygen atoms in total. The van der Waals surface area contributed by atoms with Crippen LogP contribution in [0.2, 0.25) is 0 Å². The van der Waals surface area contributed by atoms with Gasteiger partial charge in [-0.1, -0.05) is 0 Å². The Hall–Kier alpha value is -3.50. The van der Waals surface area contributed by atoms with E-state index in [1.807, 2.05) is 0 Å². The fourth-order valence-electron chi connectivity index (χ4n) is 2.34. The lowest BCUT2D eigenvalue weighted by Crippen LogP contribution is -2.33. The molecule has 0 saturated carbocycles. The Kier molecular flexibility index (Phi) is 5.25. The van der Waals surface area contributed by atoms with Crippen molar-refractivity contribution in [2.24, 2.45) is 0 Å². The van der Waals surface area contributed by atoms with Crippen molar-refractivity contribution in [2.45, 2.75) is 12.7 Å². The molecule has 0 aliphatic rings. The molecule has 0 radical (unpaired) electrons. The third-order valence-electron chi connectivity index (χ3n) is 3.73. The van der Waals surface area contributed by atoms with E-state index in [9.17, 15) is 27.2 Å². The molecule has 2 heterocycles. The van der Waals surface area contributed by atoms with Gasteiger partial charge in [0.15, 0.2) is 5.69 Å². The van der Waals surface area contributed by atoms with Crippen LogP contribution in [0.3, 0.4) is 0 Å². The lowest BCUT2D eigenvalue weighted by Gasteiger charge is -2.09. The summed E-state index contributed by atoms with van der Waals surface area (Å²) in [5, 5.41) is 12.2. The summed E-state index contributed by atoms with van der Waals surface area (Å²) < 4.78 is 51.5. The molecule has 0 aliphatic heterocycles. The first kappa shape index (κ1) is 19.3. The van der Waals surface area contributed by atoms with Crippen molar-refractivity contribution in [3.63, 3.8) is 0 Å². The van der Waals surface area contributed by atoms with Gasteiger partial charge in [-0.3, -0.25) is 14.7 Å². The molecule has 3 aromatic rings. The second kappa shape index (κ2) is 7.62. The number of nitrogens with one attached hydrogen (secondary N) is 2. The van der Waals surface area contributed by atoms with Crippen molar-refractivity contribution in [2.75, 3.05) is 6.54 Å². The van der Waals surface area contributed by atoms with Gasteiger partial charge < -0.3 is 5.32 Å². The molecule has 0 aliphatic carbocycles. The quantitative estimate of drug-likeness (QED) is 0.648. The van der Waals surface area contributed by atoms with Gasteiger partial charge in [0, 0.05) is 18.2 Å². The topological polar surface area (TPSA) is 92.7 Å². The molecule has 0 atom stereocenters. The lowest BCUT2D eigenvalue weighted by molar-refractivity contribution is -0.142. The maximum absolute atomic E-state index is 12.9. The fourth-order valence-corrected chi connectivity index (χ4v) is 2.34. The largest absolute Gasteiger partial charge is 0.435 e. The fraction of sp³-hybridized carbons (Fsp3) is 0.176. The predicted molar refractivity (Wildman–Crippen MR) is 89.8 cm³/mol. The van der Waals surface area contributed by atoms with Gasteiger partial charge in [-0.05, 0) is 36.4 Å². The van der Waals surface area contributed by atoms with E-state index in [4.69, 9.17) is 0 Å². The average molecular weight is 395 g/mol. The van der Waals surface area contributed by atoms with Crippen molar-refractivity contribution < 1.29 is 22.4 Å². The van der Waals surface area contributed by atoms with Crippen LogP contribution in [-0.4, -0.2) is 32.4 Å². The zero-order valence-electron chi connectivity index (χ0n) is 14.1. The van der Waals surface area contributed by atoms with Gasteiger partial charge in [0.25, 0.3) is 11.5 Å². The summed E-state index contributed by atoms with van der Waals surface area (Å²) in [5.74, 6) is -0.975. The molecule has 2 aromatic heterocycles. The standard InChI is InChI=1S/C17H13F4N5O2/c18-11-3-1-10(2-4-11)12-9-13(24-23-12)16(28)22-7-8-26-15(27)6-5-14(25-26)17(19,20)21/h1-6,9H,7-8H2,(H,22,28)(H,23,24). The molecule has 1 aromatic carbocycles. The Morgan fingerprint density at radius 2 is 1.86 bits per heavy atom. The van der Waals surface area contributed by atoms with Crippen molar-refractivity contribution in [1.82, 2.24) is 25.3 Å². The minimum Gasteiger partial charge on any atom is -0.349 e. The van der Waals surface area contributed by atoms with Crippen molar-refractivity contribution in [3.8, 4) is 11.3 Å². The van der Waals surface area contributed by atoms with Crippen molar-refractivity contribution in [3.05, 3.63) is 70.0 Å². The normalized spacial score (nSPS) is 11.4.